The number of hydrogen-bond acceptors (Lipinski definition) is 5. The molecule has 0 radical (unpaired) electrons. The molecule has 0 saturated heterocycles. The van der Waals surface area contributed by atoms with Crippen molar-refractivity contribution >= 4 is 23.2 Å². The molecule has 0 fully saturated rings. The Morgan fingerprint density at radius 2 is 1.77 bits per heavy atom. The Morgan fingerprint density at radius 1 is 1.06 bits per heavy atom. The molecule has 2 aromatic carbocycles. The fourth-order valence-corrected chi connectivity index (χ4v) is 3.56. The fraction of sp³-hybridized carbons (Fsp3) is 0.208. The summed E-state index contributed by atoms with van der Waals surface area (Å²) in [6.45, 7) is 0.229. The second kappa shape index (κ2) is 9.30. The minimum Gasteiger partial charge on any atom is -0.467 e. The molecule has 7 nitrogen and oxygen atoms in total. The highest BCUT2D eigenvalue weighted by Gasteiger charge is 2.33. The van der Waals surface area contributed by atoms with E-state index < -0.39 is 0 Å². The van der Waals surface area contributed by atoms with Gasteiger partial charge < -0.3 is 14.6 Å². The molecular weight excluding hydrogens is 392 g/mol. The van der Waals surface area contributed by atoms with Gasteiger partial charge in [-0.15, -0.1) is 0 Å². The van der Waals surface area contributed by atoms with Crippen LogP contribution in [0.5, 0.6) is 0 Å². The third-order valence-corrected chi connectivity index (χ3v) is 5.13. The Morgan fingerprint density at radius 3 is 2.45 bits per heavy atom. The summed E-state index contributed by atoms with van der Waals surface area (Å²) in [4.78, 5) is 26.7. The molecule has 1 atom stereocenters. The summed E-state index contributed by atoms with van der Waals surface area (Å²) in [6.07, 6.45) is 2.02. The van der Waals surface area contributed by atoms with E-state index in [1.165, 1.54) is 4.90 Å². The topological polar surface area (TPSA) is 78.1 Å². The Labute approximate surface area is 181 Å². The highest BCUT2D eigenvalue weighted by molar-refractivity contribution is 6.39. The predicted molar refractivity (Wildman–Crippen MR) is 118 cm³/mol. The number of benzene rings is 2. The van der Waals surface area contributed by atoms with E-state index in [0.717, 1.165) is 11.3 Å². The van der Waals surface area contributed by atoms with Crippen LogP contribution in [-0.2, 0) is 16.1 Å². The lowest BCUT2D eigenvalue weighted by molar-refractivity contribution is -0.130. The molecule has 2 amide bonds. The molecule has 0 saturated carbocycles. The third kappa shape index (κ3) is 4.83. The van der Waals surface area contributed by atoms with Crippen molar-refractivity contribution < 1.29 is 14.0 Å². The molecule has 7 heteroatoms. The maximum absolute atomic E-state index is 13.0. The molecule has 1 aromatic heterocycles. The molecule has 0 spiro atoms. The first kappa shape index (κ1) is 20.4. The highest BCUT2D eigenvalue weighted by Crippen LogP contribution is 2.35. The van der Waals surface area contributed by atoms with Crippen molar-refractivity contribution in [1.29, 1.82) is 0 Å². The van der Waals surface area contributed by atoms with Gasteiger partial charge in [0, 0.05) is 13.5 Å². The monoisotopic (exact) mass is 416 g/mol. The molecule has 1 N–H and O–H groups in total. The van der Waals surface area contributed by atoms with Crippen molar-refractivity contribution in [1.82, 2.24) is 10.2 Å². The molecule has 0 bridgehead atoms. The molecule has 4 rings (SSSR count). The number of para-hydroxylation sites is 1. The van der Waals surface area contributed by atoms with Crippen molar-refractivity contribution in [3.8, 4) is 0 Å². The van der Waals surface area contributed by atoms with Crippen LogP contribution in [0.1, 0.15) is 23.8 Å². The fourth-order valence-electron chi connectivity index (χ4n) is 3.56. The summed E-state index contributed by atoms with van der Waals surface area (Å²) in [7, 11) is 1.61. The minimum absolute atomic E-state index is 0.0557. The maximum atomic E-state index is 13.0. The number of likely N-dealkylation sites (N-methyl/N-ethyl adjacent to an activating group) is 1. The SMILES string of the molecule is CN(CC(=O)NCc1ccco1)C(=O)C1=NN(c2ccccc2)[C@@H](c2ccccc2)C1. The van der Waals surface area contributed by atoms with Gasteiger partial charge >= 0.3 is 0 Å². The molecule has 1 aliphatic rings. The van der Waals surface area contributed by atoms with Gasteiger partial charge in [0.15, 0.2) is 0 Å². The molecule has 0 unspecified atom stereocenters. The van der Waals surface area contributed by atoms with Gasteiger partial charge in [-0.1, -0.05) is 48.5 Å². The first-order valence-electron chi connectivity index (χ1n) is 10.1. The van der Waals surface area contributed by atoms with E-state index in [9.17, 15) is 9.59 Å². The highest BCUT2D eigenvalue weighted by atomic mass is 16.3. The summed E-state index contributed by atoms with van der Waals surface area (Å²) in [5.74, 6) is 0.143. The summed E-state index contributed by atoms with van der Waals surface area (Å²) in [5, 5.41) is 9.28. The second-order valence-corrected chi connectivity index (χ2v) is 7.37. The molecule has 1 aliphatic heterocycles. The van der Waals surface area contributed by atoms with Crippen molar-refractivity contribution in [3.63, 3.8) is 0 Å². The lowest BCUT2D eigenvalue weighted by Gasteiger charge is -2.23. The Hall–Kier alpha value is -3.87. The zero-order chi connectivity index (χ0) is 21.6. The number of nitrogens with zero attached hydrogens (tertiary/aromatic N) is 3. The van der Waals surface area contributed by atoms with E-state index in [1.54, 1.807) is 25.4 Å². The van der Waals surface area contributed by atoms with E-state index in [-0.39, 0.29) is 30.9 Å². The molecular formula is C24H24N4O3. The molecule has 3 aromatic rings. The number of furan rings is 1. The van der Waals surface area contributed by atoms with Gasteiger partial charge in [-0.05, 0) is 29.8 Å². The van der Waals surface area contributed by atoms with Gasteiger partial charge in [0.05, 0.1) is 31.1 Å². The average Bonchev–Trinajstić information content (AvgIpc) is 3.48. The molecule has 2 heterocycles. The first-order valence-corrected chi connectivity index (χ1v) is 10.1. The molecule has 158 valence electrons. The Bertz CT molecular complexity index is 1050. The van der Waals surface area contributed by atoms with Gasteiger partial charge in [0.25, 0.3) is 5.91 Å². The van der Waals surface area contributed by atoms with Crippen molar-refractivity contribution in [3.05, 3.63) is 90.4 Å². The standard InChI is InChI=1S/C24H24N4O3/c1-27(17-23(29)25-16-20-13-8-14-31-20)24(30)21-15-22(18-9-4-2-5-10-18)28(26-21)19-11-6-3-7-12-19/h2-14,22H,15-17H2,1H3,(H,25,29)/t22-/m1/s1. The zero-order valence-electron chi connectivity index (χ0n) is 17.3. The largest absolute Gasteiger partial charge is 0.467 e. The quantitative estimate of drug-likeness (QED) is 0.641. The van der Waals surface area contributed by atoms with Gasteiger partial charge in [0.1, 0.15) is 11.5 Å². The predicted octanol–water partition coefficient (Wildman–Crippen LogP) is 3.36. The van der Waals surface area contributed by atoms with Crippen molar-refractivity contribution in [2.24, 2.45) is 5.10 Å². The van der Waals surface area contributed by atoms with Crippen LogP contribution in [0.4, 0.5) is 5.69 Å². The minimum atomic E-state index is -0.259. The summed E-state index contributed by atoms with van der Waals surface area (Å²) < 4.78 is 5.21. The van der Waals surface area contributed by atoms with Crippen LogP contribution in [0.3, 0.4) is 0 Å². The summed E-state index contributed by atoms with van der Waals surface area (Å²) in [5.41, 5.74) is 2.42. The zero-order valence-corrected chi connectivity index (χ0v) is 17.3. The van der Waals surface area contributed by atoms with Crippen molar-refractivity contribution in [2.45, 2.75) is 19.0 Å². The smallest absolute Gasteiger partial charge is 0.270 e. The Balaban J connectivity index is 1.46. The van der Waals surface area contributed by atoms with Gasteiger partial charge in [-0.3, -0.25) is 14.6 Å². The number of carbonyl (C=O) groups excluding carboxylic acids is 2. The van der Waals surface area contributed by atoms with Crippen LogP contribution in [-0.4, -0.2) is 36.0 Å². The van der Waals surface area contributed by atoms with Crippen LogP contribution in [0.25, 0.3) is 0 Å². The number of carbonyl (C=O) groups is 2. The van der Waals surface area contributed by atoms with Gasteiger partial charge in [-0.2, -0.15) is 5.10 Å². The van der Waals surface area contributed by atoms with Crippen LogP contribution in [0, 0.1) is 0 Å². The maximum Gasteiger partial charge on any atom is 0.270 e. The summed E-state index contributed by atoms with van der Waals surface area (Å²) in [6, 6.07) is 23.2. The third-order valence-electron chi connectivity index (χ3n) is 5.13. The van der Waals surface area contributed by atoms with E-state index in [1.807, 2.05) is 65.7 Å². The van der Waals surface area contributed by atoms with Gasteiger partial charge in [0.2, 0.25) is 5.91 Å². The number of nitrogens with one attached hydrogen (secondary N) is 1. The average molecular weight is 416 g/mol. The van der Waals surface area contributed by atoms with Crippen LogP contribution in [0.2, 0.25) is 0 Å². The second-order valence-electron chi connectivity index (χ2n) is 7.37. The number of hydrazone groups is 1. The van der Waals surface area contributed by atoms with Gasteiger partial charge in [-0.25, -0.2) is 0 Å². The van der Waals surface area contributed by atoms with E-state index in [0.29, 0.717) is 17.9 Å². The molecule has 31 heavy (non-hydrogen) atoms. The van der Waals surface area contributed by atoms with E-state index in [2.05, 4.69) is 10.4 Å². The first-order chi connectivity index (χ1) is 15.1. The van der Waals surface area contributed by atoms with Crippen LogP contribution in [0.15, 0.2) is 88.6 Å². The normalized spacial score (nSPS) is 15.5. The summed E-state index contributed by atoms with van der Waals surface area (Å²) >= 11 is 0. The van der Waals surface area contributed by atoms with Crippen LogP contribution >= 0.6 is 0 Å². The number of hydrogen-bond donors (Lipinski definition) is 1. The molecule has 0 aliphatic carbocycles. The van der Waals surface area contributed by atoms with Crippen molar-refractivity contribution in [2.75, 3.05) is 18.6 Å². The Kier molecular flexibility index (Phi) is 6.12. The number of rotatable bonds is 7. The van der Waals surface area contributed by atoms with E-state index >= 15 is 0 Å². The van der Waals surface area contributed by atoms with E-state index in [4.69, 9.17) is 4.42 Å². The number of amides is 2. The number of anilines is 1. The lowest BCUT2D eigenvalue weighted by Crippen LogP contribution is -2.40. The lowest BCUT2D eigenvalue weighted by atomic mass is 10.0. The van der Waals surface area contributed by atoms with Crippen LogP contribution < -0.4 is 10.3 Å².